The van der Waals surface area contributed by atoms with E-state index in [9.17, 15) is 13.2 Å². The van der Waals surface area contributed by atoms with Crippen LogP contribution in [0.5, 0.6) is 0 Å². The van der Waals surface area contributed by atoms with Gasteiger partial charge in [0.25, 0.3) is 0 Å². The second-order valence-corrected chi connectivity index (χ2v) is 3.48. The van der Waals surface area contributed by atoms with E-state index in [0.29, 0.717) is 13.1 Å². The number of nitrogens with one attached hydrogen (secondary N) is 2. The summed E-state index contributed by atoms with van der Waals surface area (Å²) in [5.41, 5.74) is -4.13. The summed E-state index contributed by atoms with van der Waals surface area (Å²) >= 11 is 0.00407. The van der Waals surface area contributed by atoms with Crippen molar-refractivity contribution < 1.29 is 13.2 Å². The molecule has 0 saturated carbocycles. The van der Waals surface area contributed by atoms with Crippen molar-refractivity contribution in [3.63, 3.8) is 0 Å². The minimum atomic E-state index is -4.13. The zero-order valence-corrected chi connectivity index (χ0v) is 6.56. The van der Waals surface area contributed by atoms with Crippen LogP contribution in [0.15, 0.2) is 0 Å². The molecule has 2 N–H and O–H groups in total. The lowest BCUT2D eigenvalue weighted by atomic mass is 10.4. The SMILES string of the molecule is FC(F)(F)SC1CNCCN1. The fraction of sp³-hybridized carbons (Fsp3) is 1.00. The number of hydrogen-bond acceptors (Lipinski definition) is 3. The van der Waals surface area contributed by atoms with Crippen LogP contribution in [-0.4, -0.2) is 30.5 Å². The highest BCUT2D eigenvalue weighted by molar-refractivity contribution is 8.00. The van der Waals surface area contributed by atoms with Gasteiger partial charge in [0.2, 0.25) is 0 Å². The Bertz CT molecular complexity index is 121. The van der Waals surface area contributed by atoms with Gasteiger partial charge in [0, 0.05) is 19.6 Å². The maximum absolute atomic E-state index is 11.7. The number of hydrogen-bond donors (Lipinski definition) is 2. The molecule has 1 unspecified atom stereocenters. The van der Waals surface area contributed by atoms with Gasteiger partial charge in [-0.25, -0.2) is 0 Å². The second-order valence-electron chi connectivity index (χ2n) is 2.21. The van der Waals surface area contributed by atoms with Crippen LogP contribution < -0.4 is 10.6 Å². The first-order chi connectivity index (χ1) is 5.08. The van der Waals surface area contributed by atoms with E-state index in [-0.39, 0.29) is 11.8 Å². The van der Waals surface area contributed by atoms with Crippen molar-refractivity contribution in [1.82, 2.24) is 10.6 Å². The molecule has 0 spiro atoms. The zero-order chi connectivity index (χ0) is 8.32. The van der Waals surface area contributed by atoms with Gasteiger partial charge in [0.1, 0.15) is 0 Å². The summed E-state index contributed by atoms with van der Waals surface area (Å²) < 4.78 is 35.2. The number of thioether (sulfide) groups is 1. The van der Waals surface area contributed by atoms with Crippen LogP contribution in [0.3, 0.4) is 0 Å². The molecule has 1 atom stereocenters. The van der Waals surface area contributed by atoms with E-state index in [4.69, 9.17) is 0 Å². The summed E-state index contributed by atoms with van der Waals surface area (Å²) in [5, 5.41) is 5.11. The molecule has 0 aromatic rings. The lowest BCUT2D eigenvalue weighted by molar-refractivity contribution is -0.0336. The average Bonchev–Trinajstić information content (AvgIpc) is 1.85. The monoisotopic (exact) mass is 186 g/mol. The quantitative estimate of drug-likeness (QED) is 0.632. The van der Waals surface area contributed by atoms with Gasteiger partial charge in [-0.1, -0.05) is 0 Å². The van der Waals surface area contributed by atoms with E-state index in [0.717, 1.165) is 6.54 Å². The Morgan fingerprint density at radius 1 is 1.27 bits per heavy atom. The molecule has 66 valence electrons. The number of alkyl halides is 3. The number of halogens is 3. The molecule has 11 heavy (non-hydrogen) atoms. The molecule has 0 radical (unpaired) electrons. The largest absolute Gasteiger partial charge is 0.443 e. The van der Waals surface area contributed by atoms with Crippen LogP contribution >= 0.6 is 11.8 Å². The molecule has 6 heteroatoms. The van der Waals surface area contributed by atoms with Gasteiger partial charge in [0.05, 0.1) is 5.37 Å². The van der Waals surface area contributed by atoms with Crippen molar-refractivity contribution in [3.05, 3.63) is 0 Å². The third kappa shape index (κ3) is 3.83. The van der Waals surface area contributed by atoms with E-state index in [1.54, 1.807) is 0 Å². The zero-order valence-electron chi connectivity index (χ0n) is 5.74. The van der Waals surface area contributed by atoms with Gasteiger partial charge in [-0.3, -0.25) is 0 Å². The Labute approximate surface area is 66.9 Å². The molecule has 0 aromatic carbocycles. The van der Waals surface area contributed by atoms with Gasteiger partial charge in [-0.2, -0.15) is 13.2 Å². The van der Waals surface area contributed by atoms with Gasteiger partial charge < -0.3 is 10.6 Å². The summed E-state index contributed by atoms with van der Waals surface area (Å²) in [4.78, 5) is 0. The summed E-state index contributed by atoms with van der Waals surface area (Å²) in [6.45, 7) is 1.73. The molecular formula is C5H9F3N2S. The molecule has 1 heterocycles. The fourth-order valence-electron chi connectivity index (χ4n) is 0.872. The molecule has 1 fully saturated rings. The molecule has 1 rings (SSSR count). The molecule has 1 aliphatic rings. The van der Waals surface area contributed by atoms with Crippen LogP contribution in [-0.2, 0) is 0 Å². The van der Waals surface area contributed by atoms with Crippen molar-refractivity contribution in [1.29, 1.82) is 0 Å². The molecule has 2 nitrogen and oxygen atoms in total. The van der Waals surface area contributed by atoms with Crippen LogP contribution in [0.2, 0.25) is 0 Å². The van der Waals surface area contributed by atoms with Crippen molar-refractivity contribution in [2.75, 3.05) is 19.6 Å². The molecule has 1 saturated heterocycles. The maximum atomic E-state index is 11.7. The minimum Gasteiger partial charge on any atom is -0.313 e. The summed E-state index contributed by atoms with van der Waals surface area (Å²) in [6.07, 6.45) is 0. The second kappa shape index (κ2) is 3.64. The Morgan fingerprint density at radius 2 is 2.00 bits per heavy atom. The molecule has 0 aromatic heterocycles. The topological polar surface area (TPSA) is 24.1 Å². The molecular weight excluding hydrogens is 177 g/mol. The predicted octanol–water partition coefficient (Wildman–Crippen LogP) is 0.758. The molecule has 0 bridgehead atoms. The first kappa shape index (κ1) is 9.15. The Morgan fingerprint density at radius 3 is 2.45 bits per heavy atom. The number of piperazine rings is 1. The van der Waals surface area contributed by atoms with Crippen molar-refractivity contribution in [2.24, 2.45) is 0 Å². The average molecular weight is 186 g/mol. The highest BCUT2D eigenvalue weighted by Crippen LogP contribution is 2.32. The summed E-state index contributed by atoms with van der Waals surface area (Å²) in [6, 6.07) is 0. The number of rotatable bonds is 1. The van der Waals surface area contributed by atoms with E-state index in [2.05, 4.69) is 10.6 Å². The van der Waals surface area contributed by atoms with Crippen LogP contribution in [0, 0.1) is 0 Å². The van der Waals surface area contributed by atoms with Crippen LogP contribution in [0.4, 0.5) is 13.2 Å². The van der Waals surface area contributed by atoms with E-state index in [1.807, 2.05) is 0 Å². The lowest BCUT2D eigenvalue weighted by Crippen LogP contribution is -2.47. The first-order valence-corrected chi connectivity index (χ1v) is 4.14. The molecule has 1 aliphatic heterocycles. The first-order valence-electron chi connectivity index (χ1n) is 3.26. The summed E-state index contributed by atoms with van der Waals surface area (Å²) in [7, 11) is 0. The molecule has 0 amide bonds. The lowest BCUT2D eigenvalue weighted by Gasteiger charge is -2.24. The van der Waals surface area contributed by atoms with Crippen molar-refractivity contribution in [3.8, 4) is 0 Å². The van der Waals surface area contributed by atoms with E-state index < -0.39 is 10.9 Å². The van der Waals surface area contributed by atoms with Gasteiger partial charge >= 0.3 is 5.51 Å². The Hall–Kier alpha value is 0.0600. The standard InChI is InChI=1S/C5H9F3N2S/c6-5(7,8)11-4-3-9-1-2-10-4/h4,9-10H,1-3H2. The van der Waals surface area contributed by atoms with Crippen molar-refractivity contribution >= 4 is 11.8 Å². The van der Waals surface area contributed by atoms with Crippen LogP contribution in [0.1, 0.15) is 0 Å². The van der Waals surface area contributed by atoms with Crippen molar-refractivity contribution in [2.45, 2.75) is 10.9 Å². The highest BCUT2D eigenvalue weighted by atomic mass is 32.2. The van der Waals surface area contributed by atoms with E-state index >= 15 is 0 Å². The van der Waals surface area contributed by atoms with Gasteiger partial charge in [-0.15, -0.1) is 0 Å². The Balaban J connectivity index is 2.24. The van der Waals surface area contributed by atoms with Gasteiger partial charge in [0.15, 0.2) is 0 Å². The third-order valence-corrected chi connectivity index (χ3v) is 2.16. The minimum absolute atomic E-state index is 0.00407. The maximum Gasteiger partial charge on any atom is 0.443 e. The smallest absolute Gasteiger partial charge is 0.313 e. The molecule has 0 aliphatic carbocycles. The third-order valence-electron chi connectivity index (χ3n) is 1.28. The highest BCUT2D eigenvalue weighted by Gasteiger charge is 2.33. The van der Waals surface area contributed by atoms with Crippen LogP contribution in [0.25, 0.3) is 0 Å². The van der Waals surface area contributed by atoms with E-state index in [1.165, 1.54) is 0 Å². The Kier molecular flexibility index (Phi) is 3.03. The fourth-order valence-corrected chi connectivity index (χ4v) is 1.60. The predicted molar refractivity (Wildman–Crippen MR) is 38.3 cm³/mol. The normalized spacial score (nSPS) is 27.0. The van der Waals surface area contributed by atoms with Gasteiger partial charge in [-0.05, 0) is 11.8 Å². The summed E-state index contributed by atoms with van der Waals surface area (Å²) in [5.74, 6) is 0.